The highest BCUT2D eigenvalue weighted by atomic mass is 32.2. The van der Waals surface area contributed by atoms with Gasteiger partial charge in [-0.05, 0) is 12.8 Å². The molecule has 1 aliphatic rings. The first-order chi connectivity index (χ1) is 6.83. The molecule has 0 unspecified atom stereocenters. The molecule has 1 aliphatic heterocycles. The van der Waals surface area contributed by atoms with Crippen LogP contribution in [0.3, 0.4) is 0 Å². The van der Waals surface area contributed by atoms with Crippen LogP contribution in [0.1, 0.15) is 12.8 Å². The first-order valence-corrected chi connectivity index (χ1v) is 6.36. The number of nitrogens with zero attached hydrogens (tertiary/aromatic N) is 1. The number of hydrogen-bond donors (Lipinski definition) is 1. The summed E-state index contributed by atoms with van der Waals surface area (Å²) in [4.78, 5) is 22.6. The molecule has 0 radical (unpaired) electrons. The highest BCUT2D eigenvalue weighted by molar-refractivity contribution is 7.91. The van der Waals surface area contributed by atoms with Crippen molar-refractivity contribution in [3.8, 4) is 0 Å². The molecule has 0 atom stereocenters. The molecule has 86 valence electrons. The monoisotopic (exact) mass is 235 g/mol. The summed E-state index contributed by atoms with van der Waals surface area (Å²) in [6.45, 7) is 0. The standard InChI is InChI=1S/C8H13NO5S/c1-9(7(10)8(11)12)6-2-4-15(13,14)5-3-6/h6H,2-5H2,1H3,(H,11,12). The number of rotatable bonds is 1. The Morgan fingerprint density at radius 1 is 1.27 bits per heavy atom. The number of amides is 1. The molecule has 1 fully saturated rings. The minimum atomic E-state index is -2.98. The minimum Gasteiger partial charge on any atom is -0.474 e. The Bertz CT molecular complexity index is 360. The van der Waals surface area contributed by atoms with Gasteiger partial charge in [0.15, 0.2) is 0 Å². The molecule has 1 saturated heterocycles. The van der Waals surface area contributed by atoms with Gasteiger partial charge < -0.3 is 10.0 Å². The van der Waals surface area contributed by atoms with Crippen molar-refractivity contribution < 1.29 is 23.1 Å². The summed E-state index contributed by atoms with van der Waals surface area (Å²) in [5.74, 6) is -2.45. The number of carboxylic acid groups (broad SMARTS) is 1. The SMILES string of the molecule is CN(C(=O)C(=O)O)C1CCS(=O)(=O)CC1. The summed E-state index contributed by atoms with van der Waals surface area (Å²) in [6, 6.07) is -0.280. The summed E-state index contributed by atoms with van der Waals surface area (Å²) in [6.07, 6.45) is 0.635. The van der Waals surface area contributed by atoms with Crippen LogP contribution in [-0.4, -0.2) is 54.9 Å². The van der Waals surface area contributed by atoms with E-state index in [-0.39, 0.29) is 17.5 Å². The number of sulfone groups is 1. The Labute approximate surface area is 87.8 Å². The zero-order valence-corrected chi connectivity index (χ0v) is 9.16. The van der Waals surface area contributed by atoms with Crippen LogP contribution in [0, 0.1) is 0 Å². The molecule has 0 aromatic rings. The second-order valence-corrected chi connectivity index (χ2v) is 5.91. The van der Waals surface area contributed by atoms with Gasteiger partial charge in [-0.15, -0.1) is 0 Å². The molecule has 0 bridgehead atoms. The molecule has 0 saturated carbocycles. The van der Waals surface area contributed by atoms with Crippen LogP contribution in [0.4, 0.5) is 0 Å². The maximum Gasteiger partial charge on any atom is 0.394 e. The highest BCUT2D eigenvalue weighted by Crippen LogP contribution is 2.16. The van der Waals surface area contributed by atoms with Gasteiger partial charge in [0.2, 0.25) is 0 Å². The molecule has 1 N–H and O–H groups in total. The minimum absolute atomic E-state index is 0.0227. The fraction of sp³-hybridized carbons (Fsp3) is 0.750. The third-order valence-electron chi connectivity index (χ3n) is 2.58. The van der Waals surface area contributed by atoms with Crippen LogP contribution in [-0.2, 0) is 19.4 Å². The van der Waals surface area contributed by atoms with Crippen LogP contribution < -0.4 is 0 Å². The third kappa shape index (κ3) is 2.92. The van der Waals surface area contributed by atoms with Crippen molar-refractivity contribution in [1.29, 1.82) is 0 Å². The molecule has 7 heteroatoms. The lowest BCUT2D eigenvalue weighted by Crippen LogP contribution is -2.44. The maximum absolute atomic E-state index is 11.1. The normalized spacial score (nSPS) is 20.9. The average Bonchev–Trinajstić information content (AvgIpc) is 2.15. The predicted octanol–water partition coefficient (Wildman–Crippen LogP) is -0.893. The summed E-state index contributed by atoms with van der Waals surface area (Å²) in [5.41, 5.74) is 0. The van der Waals surface area contributed by atoms with Crippen molar-refractivity contribution >= 4 is 21.7 Å². The number of hydrogen-bond acceptors (Lipinski definition) is 4. The summed E-state index contributed by atoms with van der Waals surface area (Å²) in [7, 11) is -1.59. The van der Waals surface area contributed by atoms with Gasteiger partial charge in [0.05, 0.1) is 11.5 Å². The largest absolute Gasteiger partial charge is 0.474 e. The second-order valence-electron chi connectivity index (χ2n) is 3.60. The van der Waals surface area contributed by atoms with Gasteiger partial charge in [0, 0.05) is 13.1 Å². The van der Waals surface area contributed by atoms with Gasteiger partial charge in [-0.2, -0.15) is 0 Å². The van der Waals surface area contributed by atoms with E-state index in [9.17, 15) is 18.0 Å². The van der Waals surface area contributed by atoms with Crippen molar-refractivity contribution in [2.45, 2.75) is 18.9 Å². The zero-order valence-electron chi connectivity index (χ0n) is 8.34. The van der Waals surface area contributed by atoms with Crippen molar-refractivity contribution in [2.75, 3.05) is 18.6 Å². The molecule has 0 aliphatic carbocycles. The van der Waals surface area contributed by atoms with Crippen molar-refractivity contribution in [3.05, 3.63) is 0 Å². The van der Waals surface area contributed by atoms with E-state index in [0.29, 0.717) is 12.8 Å². The predicted molar refractivity (Wildman–Crippen MR) is 52.1 cm³/mol. The van der Waals surface area contributed by atoms with Crippen molar-refractivity contribution in [1.82, 2.24) is 4.90 Å². The van der Waals surface area contributed by atoms with Crippen LogP contribution >= 0.6 is 0 Å². The van der Waals surface area contributed by atoms with E-state index in [0.717, 1.165) is 4.90 Å². The number of carbonyl (C=O) groups excluding carboxylic acids is 1. The molecule has 0 aromatic carbocycles. The fourth-order valence-electron chi connectivity index (χ4n) is 1.58. The van der Waals surface area contributed by atoms with E-state index in [2.05, 4.69) is 0 Å². The van der Waals surface area contributed by atoms with E-state index < -0.39 is 21.7 Å². The zero-order chi connectivity index (χ0) is 11.6. The molecular formula is C8H13NO5S. The molecule has 6 nitrogen and oxygen atoms in total. The second kappa shape index (κ2) is 4.18. The summed E-state index contributed by atoms with van der Waals surface area (Å²) < 4.78 is 22.2. The van der Waals surface area contributed by atoms with Gasteiger partial charge in [-0.3, -0.25) is 4.79 Å². The number of carboxylic acids is 1. The lowest BCUT2D eigenvalue weighted by atomic mass is 10.1. The summed E-state index contributed by atoms with van der Waals surface area (Å²) >= 11 is 0. The van der Waals surface area contributed by atoms with Gasteiger partial charge in [0.1, 0.15) is 9.84 Å². The smallest absolute Gasteiger partial charge is 0.394 e. The third-order valence-corrected chi connectivity index (χ3v) is 4.29. The molecule has 0 aromatic heterocycles. The first kappa shape index (κ1) is 12.0. The molecule has 0 spiro atoms. The molecule has 1 rings (SSSR count). The number of carbonyl (C=O) groups is 2. The fourth-order valence-corrected chi connectivity index (χ4v) is 3.05. The van der Waals surface area contributed by atoms with Gasteiger partial charge in [-0.1, -0.05) is 0 Å². The number of likely N-dealkylation sites (N-methyl/N-ethyl adjacent to an activating group) is 1. The average molecular weight is 235 g/mol. The van der Waals surface area contributed by atoms with Crippen molar-refractivity contribution in [3.63, 3.8) is 0 Å². The molecule has 15 heavy (non-hydrogen) atoms. The van der Waals surface area contributed by atoms with Crippen molar-refractivity contribution in [2.24, 2.45) is 0 Å². The Morgan fingerprint density at radius 3 is 2.13 bits per heavy atom. The Balaban J connectivity index is 2.61. The van der Waals surface area contributed by atoms with Crippen LogP contribution in [0.2, 0.25) is 0 Å². The molecule has 1 amide bonds. The highest BCUT2D eigenvalue weighted by Gasteiger charge is 2.30. The van der Waals surface area contributed by atoms with Gasteiger partial charge in [-0.25, -0.2) is 13.2 Å². The lowest BCUT2D eigenvalue weighted by Gasteiger charge is -2.29. The Hall–Kier alpha value is -1.11. The van der Waals surface area contributed by atoms with E-state index in [4.69, 9.17) is 5.11 Å². The van der Waals surface area contributed by atoms with Crippen LogP contribution in [0.25, 0.3) is 0 Å². The summed E-state index contributed by atoms with van der Waals surface area (Å²) in [5, 5.41) is 8.48. The molecular weight excluding hydrogens is 222 g/mol. The Kier molecular flexibility index (Phi) is 3.33. The van der Waals surface area contributed by atoms with E-state index in [1.54, 1.807) is 0 Å². The van der Waals surface area contributed by atoms with E-state index in [1.165, 1.54) is 7.05 Å². The molecule has 1 heterocycles. The van der Waals surface area contributed by atoms with E-state index in [1.807, 2.05) is 0 Å². The van der Waals surface area contributed by atoms with Crippen LogP contribution in [0.15, 0.2) is 0 Å². The van der Waals surface area contributed by atoms with E-state index >= 15 is 0 Å². The quantitative estimate of drug-likeness (QED) is 0.595. The Morgan fingerprint density at radius 2 is 1.73 bits per heavy atom. The maximum atomic E-state index is 11.1. The van der Waals surface area contributed by atoms with Gasteiger partial charge in [0.25, 0.3) is 0 Å². The number of aliphatic carboxylic acids is 1. The lowest BCUT2D eigenvalue weighted by molar-refractivity contribution is -0.156. The van der Waals surface area contributed by atoms with Crippen LogP contribution in [0.5, 0.6) is 0 Å². The topological polar surface area (TPSA) is 91.8 Å². The first-order valence-electron chi connectivity index (χ1n) is 4.54. The van der Waals surface area contributed by atoms with Gasteiger partial charge >= 0.3 is 11.9 Å².